The van der Waals surface area contributed by atoms with Crippen molar-refractivity contribution in [3.05, 3.63) is 29.8 Å². The number of carbonyl (C=O) groups is 2. The van der Waals surface area contributed by atoms with E-state index in [2.05, 4.69) is 22.5 Å². The van der Waals surface area contributed by atoms with E-state index in [1.807, 2.05) is 34.0 Å². The Morgan fingerprint density at radius 1 is 1.21 bits per heavy atom. The zero-order valence-electron chi connectivity index (χ0n) is 21.1. The quantitative estimate of drug-likeness (QED) is 0.172. The zero-order valence-corrected chi connectivity index (χ0v) is 22.0. The molecule has 1 rings (SSSR count). The van der Waals surface area contributed by atoms with Crippen molar-refractivity contribution < 1.29 is 28.1 Å². The topological polar surface area (TPSA) is 147 Å². The van der Waals surface area contributed by atoms with Crippen LogP contribution in [0.1, 0.15) is 42.3 Å². The Morgan fingerprint density at radius 2 is 1.94 bits per heavy atom. The first kappa shape index (κ1) is 33.9. The second-order valence-electron chi connectivity index (χ2n) is 6.72. The number of carbonyl (C=O) groups excluding carboxylic acids is 2. The largest absolute Gasteiger partial charge is 0.490 e. The number of benzene rings is 1. The van der Waals surface area contributed by atoms with Gasteiger partial charge < -0.3 is 36.7 Å². The van der Waals surface area contributed by atoms with Crippen LogP contribution in [-0.2, 0) is 14.3 Å². The lowest BCUT2D eigenvalue weighted by Gasteiger charge is -2.17. The highest BCUT2D eigenvalue weighted by atomic mass is 32.2. The minimum Gasteiger partial charge on any atom is -0.490 e. The summed E-state index contributed by atoms with van der Waals surface area (Å²) in [5.74, 6) is 6.31. The molecule has 0 unspecified atom stereocenters. The molecule has 0 aromatic heterocycles. The molecule has 1 aromatic rings. The van der Waals surface area contributed by atoms with E-state index in [1.165, 1.54) is 11.8 Å². The fourth-order valence-corrected chi connectivity index (χ4v) is 2.65. The van der Waals surface area contributed by atoms with E-state index >= 15 is 0 Å². The third kappa shape index (κ3) is 17.2. The Hall–Kier alpha value is -2.29. The van der Waals surface area contributed by atoms with Crippen LogP contribution in [0.4, 0.5) is 0 Å². The van der Waals surface area contributed by atoms with Crippen molar-refractivity contribution in [1.29, 1.82) is 0 Å². The van der Waals surface area contributed by atoms with E-state index in [1.54, 1.807) is 24.3 Å². The molecule has 34 heavy (non-hydrogen) atoms. The van der Waals surface area contributed by atoms with E-state index in [-0.39, 0.29) is 40.2 Å². The average molecular weight is 505 g/mol. The van der Waals surface area contributed by atoms with Gasteiger partial charge in [-0.2, -0.15) is 0 Å². The Bertz CT molecular complexity index is 753. The number of hydrogen-bond acceptors (Lipinski definition) is 8. The van der Waals surface area contributed by atoms with Crippen molar-refractivity contribution in [2.45, 2.75) is 33.1 Å². The van der Waals surface area contributed by atoms with E-state index in [4.69, 9.17) is 19.9 Å². The molecule has 9 nitrogen and oxygen atoms in total. The molecule has 0 aliphatic carbocycles. The summed E-state index contributed by atoms with van der Waals surface area (Å²) in [5, 5.41) is 5.39. The predicted molar refractivity (Wildman–Crippen MR) is 146 cm³/mol. The van der Waals surface area contributed by atoms with Gasteiger partial charge in [0.25, 0.3) is 5.91 Å². The van der Waals surface area contributed by atoms with Crippen LogP contribution < -0.4 is 27.3 Å². The molecule has 0 heterocycles. The highest BCUT2D eigenvalue weighted by Crippen LogP contribution is 2.16. The maximum Gasteiger partial charge on any atom is 0.251 e. The smallest absolute Gasteiger partial charge is 0.251 e. The van der Waals surface area contributed by atoms with E-state index in [9.17, 15) is 9.59 Å². The molecule has 0 radical (unpaired) electrons. The molecule has 2 amide bonds. The Labute approximate surface area is 213 Å². The molecule has 0 saturated heterocycles. The summed E-state index contributed by atoms with van der Waals surface area (Å²) in [6.45, 7) is 10.00. The lowest BCUT2D eigenvalue weighted by Crippen LogP contribution is -2.29. The van der Waals surface area contributed by atoms with Gasteiger partial charge in [0.15, 0.2) is 0 Å². The van der Waals surface area contributed by atoms with E-state index in [0.29, 0.717) is 50.8 Å². The number of amides is 2. The van der Waals surface area contributed by atoms with Crippen molar-refractivity contribution in [2.24, 2.45) is 11.7 Å². The van der Waals surface area contributed by atoms with Crippen LogP contribution in [0, 0.1) is 17.8 Å². The molecule has 10 heteroatoms. The molecule has 1 aromatic carbocycles. The lowest BCUT2D eigenvalue weighted by atomic mass is 10.2. The number of hydrogen-bond donors (Lipinski definition) is 4. The van der Waals surface area contributed by atoms with Crippen LogP contribution in [0.25, 0.3) is 0 Å². The van der Waals surface area contributed by atoms with Crippen LogP contribution >= 0.6 is 11.8 Å². The van der Waals surface area contributed by atoms with Crippen molar-refractivity contribution in [1.82, 2.24) is 16.8 Å². The fourth-order valence-electron chi connectivity index (χ4n) is 2.22. The van der Waals surface area contributed by atoms with Gasteiger partial charge in [-0.1, -0.05) is 45.6 Å². The van der Waals surface area contributed by atoms with Gasteiger partial charge >= 0.3 is 0 Å². The highest BCUT2D eigenvalue weighted by Gasteiger charge is 2.11. The van der Waals surface area contributed by atoms with Gasteiger partial charge in [-0.05, 0) is 24.5 Å². The van der Waals surface area contributed by atoms with Gasteiger partial charge in [0.1, 0.15) is 24.4 Å². The zero-order chi connectivity index (χ0) is 24.9. The van der Waals surface area contributed by atoms with Crippen LogP contribution in [0.3, 0.4) is 0 Å². The average Bonchev–Trinajstić information content (AvgIpc) is 2.83. The highest BCUT2D eigenvalue weighted by molar-refractivity contribution is 7.99. The van der Waals surface area contributed by atoms with Crippen LogP contribution in [0.2, 0.25) is 0 Å². The summed E-state index contributed by atoms with van der Waals surface area (Å²) in [4.78, 5) is 23.6. The van der Waals surface area contributed by atoms with Crippen molar-refractivity contribution in [3.8, 4) is 17.6 Å². The number of ether oxygens (including phenoxy) is 3. The summed E-state index contributed by atoms with van der Waals surface area (Å²) >= 11 is 1.50. The monoisotopic (exact) mass is 504 g/mol. The standard InChI is InChI=1S/C22H33N3O5S.C2H6.H3N.3H2/c1-17(2)6-5-10-24-20(26)15-28-12-13-29-21(31-3)16-30-19-8-4-7-18(14-19)22(27)25-11-9-23;1-2;;;;/h4,7-8,14,17,21H,9-13,15-16,23H2,1-3H3,(H,24,26)(H,25,27);1-2H3;1H3;3*1H/t21-;;;;;/m0...../s1. The van der Waals surface area contributed by atoms with Crippen molar-refractivity contribution >= 4 is 23.6 Å². The van der Waals surface area contributed by atoms with Gasteiger partial charge in [-0.3, -0.25) is 9.59 Å². The first-order chi connectivity index (χ1) is 16.0. The first-order valence-corrected chi connectivity index (χ1v) is 12.4. The van der Waals surface area contributed by atoms with Crippen molar-refractivity contribution in [2.75, 3.05) is 52.3 Å². The number of thioether (sulfide) groups is 1. The molecule has 7 N–H and O–H groups in total. The third-order valence-corrected chi connectivity index (χ3v) is 4.50. The summed E-state index contributed by atoms with van der Waals surface area (Å²) in [7, 11) is 0. The fraction of sp³-hybridized carbons (Fsp3) is 0.583. The SMILES string of the molecule is CC.CS[C@@H](COc1cccc(C(=O)NCCN)c1)OCCOCC(=O)NCC#CC(C)C.N.[HH].[HH].[HH]. The molecule has 0 aliphatic heterocycles. The second-order valence-corrected chi connectivity index (χ2v) is 7.72. The van der Waals surface area contributed by atoms with Gasteiger partial charge in [-0.15, -0.1) is 11.8 Å². The first-order valence-electron chi connectivity index (χ1n) is 11.1. The molecule has 0 spiro atoms. The number of nitrogens with one attached hydrogen (secondary N) is 2. The summed E-state index contributed by atoms with van der Waals surface area (Å²) in [6.07, 6.45) is 1.91. The van der Waals surface area contributed by atoms with Crippen molar-refractivity contribution in [3.63, 3.8) is 0 Å². The third-order valence-electron chi connectivity index (χ3n) is 3.70. The van der Waals surface area contributed by atoms with Crippen LogP contribution in [0.15, 0.2) is 24.3 Å². The molecular weight excluding hydrogens is 456 g/mol. The normalized spacial score (nSPS) is 10.6. The van der Waals surface area contributed by atoms with Crippen LogP contribution in [0.5, 0.6) is 5.75 Å². The summed E-state index contributed by atoms with van der Waals surface area (Å²) in [5.41, 5.74) is 5.70. The Balaban J connectivity index is -0.000000554. The maximum atomic E-state index is 12.0. The minimum absolute atomic E-state index is 0. The molecule has 0 aliphatic rings. The number of nitrogens with two attached hydrogens (primary N) is 1. The molecule has 200 valence electrons. The molecule has 0 fully saturated rings. The second kappa shape index (κ2) is 22.5. The lowest BCUT2D eigenvalue weighted by molar-refractivity contribution is -0.126. The minimum atomic E-state index is -0.210. The molecule has 0 saturated carbocycles. The predicted octanol–water partition coefficient (Wildman–Crippen LogP) is 3.18. The van der Waals surface area contributed by atoms with Gasteiger partial charge in [-0.25, -0.2) is 0 Å². The number of rotatable bonds is 14. The van der Waals surface area contributed by atoms with Gasteiger partial charge in [0.05, 0.1) is 19.8 Å². The molecule has 1 atom stereocenters. The Kier molecular flexibility index (Phi) is 22.4. The van der Waals surface area contributed by atoms with Crippen LogP contribution in [-0.4, -0.2) is 69.6 Å². The molecular formula is C24H48N4O5S. The van der Waals surface area contributed by atoms with E-state index < -0.39 is 0 Å². The summed E-state index contributed by atoms with van der Waals surface area (Å²) < 4.78 is 16.8. The van der Waals surface area contributed by atoms with Gasteiger partial charge in [0.2, 0.25) is 5.91 Å². The Morgan fingerprint density at radius 3 is 2.59 bits per heavy atom. The van der Waals surface area contributed by atoms with Gasteiger partial charge in [0, 0.05) is 28.9 Å². The maximum absolute atomic E-state index is 12.0. The molecule has 0 bridgehead atoms. The van der Waals surface area contributed by atoms with E-state index in [0.717, 1.165) is 0 Å². The summed E-state index contributed by atoms with van der Waals surface area (Å²) in [6, 6.07) is 6.93.